The average Bonchev–Trinajstić information content (AvgIpc) is 3.02. The Labute approximate surface area is 270 Å². The summed E-state index contributed by atoms with van der Waals surface area (Å²) in [6.07, 6.45) is -10.8. The summed E-state index contributed by atoms with van der Waals surface area (Å²) in [5, 5.41) is 24.3. The summed E-state index contributed by atoms with van der Waals surface area (Å²) in [6, 6.07) is 13.0. The van der Waals surface area contributed by atoms with Gasteiger partial charge < -0.3 is 44.6 Å². The number of anilines is 1. The van der Waals surface area contributed by atoms with Gasteiger partial charge in [0.1, 0.15) is 17.4 Å². The molecule has 254 valence electrons. The molecule has 0 bridgehead atoms. The van der Waals surface area contributed by atoms with Gasteiger partial charge in [0.2, 0.25) is 6.29 Å². The number of primary amides is 1. The molecule has 2 amide bonds. The molecule has 0 radical (unpaired) electrons. The molecule has 4 atom stereocenters. The molecule has 3 aromatic carbocycles. The lowest BCUT2D eigenvalue weighted by Gasteiger charge is -2.47. The highest BCUT2D eigenvalue weighted by Gasteiger charge is 2.53. The smallest absolute Gasteiger partial charge is 0.416 e. The van der Waals surface area contributed by atoms with Crippen LogP contribution in [0.5, 0.6) is 11.5 Å². The molecule has 0 saturated carbocycles. The Morgan fingerprint density at radius 3 is 2.35 bits per heavy atom. The molecule has 12 nitrogen and oxygen atoms in total. The maximum absolute atomic E-state index is 13.2. The summed E-state index contributed by atoms with van der Waals surface area (Å²) >= 11 is 0. The minimum Gasteiger partial charge on any atom is -0.505 e. The summed E-state index contributed by atoms with van der Waals surface area (Å²) in [4.78, 5) is 37.7. The topological polar surface area (TPSA) is 180 Å². The largest absolute Gasteiger partial charge is 0.505 e. The standard InChI is InChI=1S/C33H31F3N2O10/c1-15-21(45-30-24(40)26(47-31(37)43)27(44-4)32(2,3)48-30)12-11-20-23(39)22(29(42)46-25(15)20)38-28(41)18-9-5-7-16(13-18)17-8-6-10-19(14-17)33(34,35)36/h5-14,24,26-27,30,39-40H,1-4H3,(H2,37,43)(H,38,41)/t24-,26+,27-,30-/m1/s1. The lowest BCUT2D eigenvalue weighted by atomic mass is 9.89. The number of aliphatic hydroxyl groups is 1. The van der Waals surface area contributed by atoms with E-state index in [9.17, 15) is 37.8 Å². The van der Waals surface area contributed by atoms with Crippen molar-refractivity contribution in [1.29, 1.82) is 0 Å². The number of benzene rings is 3. The number of carbonyl (C=O) groups excluding carboxylic acids is 2. The minimum absolute atomic E-state index is 0.00738. The molecule has 0 spiro atoms. The number of aromatic hydroxyl groups is 1. The molecule has 1 aliphatic rings. The molecule has 5 rings (SSSR count). The van der Waals surface area contributed by atoms with Crippen LogP contribution in [0.3, 0.4) is 0 Å². The van der Waals surface area contributed by atoms with Crippen molar-refractivity contribution < 1.29 is 56.3 Å². The maximum Gasteiger partial charge on any atom is 0.416 e. The Balaban J connectivity index is 1.41. The zero-order valence-electron chi connectivity index (χ0n) is 26.0. The van der Waals surface area contributed by atoms with Crippen molar-refractivity contribution >= 4 is 28.7 Å². The van der Waals surface area contributed by atoms with E-state index < -0.39 is 71.0 Å². The Bertz CT molecular complexity index is 1940. The third kappa shape index (κ3) is 6.65. The molecular formula is C33H31F3N2O10. The summed E-state index contributed by atoms with van der Waals surface area (Å²) in [5.41, 5.74) is 2.14. The molecule has 48 heavy (non-hydrogen) atoms. The van der Waals surface area contributed by atoms with Crippen molar-refractivity contribution in [3.63, 3.8) is 0 Å². The number of rotatable bonds is 7. The van der Waals surface area contributed by atoms with Gasteiger partial charge in [-0.3, -0.25) is 4.79 Å². The lowest BCUT2D eigenvalue weighted by molar-refractivity contribution is -0.304. The molecule has 1 fully saturated rings. The summed E-state index contributed by atoms with van der Waals surface area (Å²) in [5.74, 6) is -1.39. The van der Waals surface area contributed by atoms with Crippen molar-refractivity contribution in [3.05, 3.63) is 87.8 Å². The van der Waals surface area contributed by atoms with E-state index in [1.807, 2.05) is 0 Å². The van der Waals surface area contributed by atoms with E-state index in [0.717, 1.165) is 12.1 Å². The van der Waals surface area contributed by atoms with Crippen LogP contribution in [-0.2, 0) is 20.4 Å². The quantitative estimate of drug-likeness (QED) is 0.193. The van der Waals surface area contributed by atoms with Crippen molar-refractivity contribution in [1.82, 2.24) is 0 Å². The number of nitrogens with two attached hydrogens (primary N) is 1. The highest BCUT2D eigenvalue weighted by atomic mass is 19.4. The van der Waals surface area contributed by atoms with Crippen LogP contribution in [0.4, 0.5) is 23.7 Å². The molecule has 15 heteroatoms. The molecule has 2 heterocycles. The molecule has 5 N–H and O–H groups in total. The van der Waals surface area contributed by atoms with Gasteiger partial charge in [0, 0.05) is 18.2 Å². The van der Waals surface area contributed by atoms with Gasteiger partial charge in [-0.05, 0) is 68.3 Å². The van der Waals surface area contributed by atoms with Gasteiger partial charge in [0.15, 0.2) is 23.6 Å². The number of alkyl halides is 3. The van der Waals surface area contributed by atoms with Crippen LogP contribution in [0.15, 0.2) is 69.9 Å². The number of aliphatic hydroxyl groups excluding tert-OH is 1. The normalized spacial score (nSPS) is 20.7. The van der Waals surface area contributed by atoms with Crippen LogP contribution in [0.1, 0.15) is 35.3 Å². The number of halogens is 3. The molecule has 4 aromatic rings. The fraction of sp³-hybridized carbons (Fsp3) is 0.303. The summed E-state index contributed by atoms with van der Waals surface area (Å²) in [6.45, 7) is 4.76. The second kappa shape index (κ2) is 12.8. The Morgan fingerprint density at radius 2 is 1.71 bits per heavy atom. The van der Waals surface area contributed by atoms with Gasteiger partial charge in [-0.1, -0.05) is 24.3 Å². The number of amides is 2. The van der Waals surface area contributed by atoms with E-state index in [1.165, 1.54) is 62.6 Å². The van der Waals surface area contributed by atoms with Gasteiger partial charge in [0.05, 0.1) is 16.6 Å². The van der Waals surface area contributed by atoms with Crippen LogP contribution >= 0.6 is 0 Å². The number of nitrogens with one attached hydrogen (secondary N) is 1. The average molecular weight is 673 g/mol. The van der Waals surface area contributed by atoms with Gasteiger partial charge in [-0.25, -0.2) is 9.59 Å². The second-order valence-electron chi connectivity index (χ2n) is 11.5. The Kier molecular flexibility index (Phi) is 9.14. The summed E-state index contributed by atoms with van der Waals surface area (Å²) in [7, 11) is 1.34. The maximum atomic E-state index is 13.2. The minimum atomic E-state index is -4.56. The highest BCUT2D eigenvalue weighted by Crippen LogP contribution is 2.39. The highest BCUT2D eigenvalue weighted by molar-refractivity contribution is 6.07. The van der Waals surface area contributed by atoms with E-state index in [0.29, 0.717) is 5.56 Å². The van der Waals surface area contributed by atoms with Crippen molar-refractivity contribution in [2.24, 2.45) is 5.73 Å². The number of ether oxygens (including phenoxy) is 4. The van der Waals surface area contributed by atoms with E-state index in [-0.39, 0.29) is 33.4 Å². The number of fused-ring (bicyclic) bond motifs is 1. The molecule has 1 aromatic heterocycles. The Hall–Kier alpha value is -5.12. The first-order valence-corrected chi connectivity index (χ1v) is 14.4. The summed E-state index contributed by atoms with van der Waals surface area (Å²) < 4.78 is 67.4. The fourth-order valence-electron chi connectivity index (χ4n) is 5.57. The van der Waals surface area contributed by atoms with Crippen molar-refractivity contribution in [2.45, 2.75) is 57.2 Å². The third-order valence-electron chi connectivity index (χ3n) is 7.90. The lowest BCUT2D eigenvalue weighted by Crippen LogP contribution is -2.65. The van der Waals surface area contributed by atoms with Crippen LogP contribution in [0.25, 0.3) is 22.1 Å². The van der Waals surface area contributed by atoms with Crippen LogP contribution in [0.2, 0.25) is 0 Å². The van der Waals surface area contributed by atoms with Crippen LogP contribution in [-0.4, -0.2) is 59.5 Å². The molecular weight excluding hydrogens is 641 g/mol. The monoisotopic (exact) mass is 672 g/mol. The third-order valence-corrected chi connectivity index (χ3v) is 7.90. The number of aryl methyl sites for hydroxylation is 1. The van der Waals surface area contributed by atoms with Crippen LogP contribution in [0, 0.1) is 6.92 Å². The second-order valence-corrected chi connectivity index (χ2v) is 11.5. The molecule has 1 saturated heterocycles. The first-order chi connectivity index (χ1) is 22.5. The first kappa shape index (κ1) is 34.2. The fourth-order valence-corrected chi connectivity index (χ4v) is 5.57. The van der Waals surface area contributed by atoms with E-state index >= 15 is 0 Å². The molecule has 0 aliphatic carbocycles. The van der Waals surface area contributed by atoms with Gasteiger partial charge >= 0.3 is 17.9 Å². The number of carbonyl (C=O) groups is 2. The van der Waals surface area contributed by atoms with E-state index in [4.69, 9.17) is 29.1 Å². The van der Waals surface area contributed by atoms with E-state index in [1.54, 1.807) is 13.8 Å². The Morgan fingerprint density at radius 1 is 1.04 bits per heavy atom. The molecule has 1 aliphatic heterocycles. The number of hydrogen-bond donors (Lipinski definition) is 4. The number of hydrogen-bond acceptors (Lipinski definition) is 10. The van der Waals surface area contributed by atoms with E-state index in [2.05, 4.69) is 5.32 Å². The zero-order valence-corrected chi connectivity index (χ0v) is 26.0. The SMILES string of the molecule is CO[C@@H]1[C@@H](OC(N)=O)[C@@H](O)[C@H](Oc2ccc3c(O)c(NC(=O)c4cccc(-c5cccc(C(F)(F)F)c5)c4)c(=O)oc3c2C)OC1(C)C. The van der Waals surface area contributed by atoms with Crippen molar-refractivity contribution in [2.75, 3.05) is 12.4 Å². The number of methoxy groups -OCH3 is 1. The van der Waals surface area contributed by atoms with Gasteiger partial charge in [-0.2, -0.15) is 13.2 Å². The predicted molar refractivity (Wildman–Crippen MR) is 165 cm³/mol. The van der Waals surface area contributed by atoms with Crippen LogP contribution < -0.4 is 21.4 Å². The first-order valence-electron chi connectivity index (χ1n) is 14.4. The molecule has 0 unspecified atom stereocenters. The zero-order chi connectivity index (χ0) is 35.1. The van der Waals surface area contributed by atoms with Gasteiger partial charge in [0.25, 0.3) is 5.91 Å². The van der Waals surface area contributed by atoms with Crippen molar-refractivity contribution in [3.8, 4) is 22.6 Å². The van der Waals surface area contributed by atoms with Gasteiger partial charge in [-0.15, -0.1) is 0 Å². The predicted octanol–water partition coefficient (Wildman–Crippen LogP) is 5.10.